The molecule has 0 saturated heterocycles. The number of halogens is 1. The smallest absolute Gasteiger partial charge is 0.134 e. The van der Waals surface area contributed by atoms with Crippen molar-refractivity contribution in [2.24, 2.45) is 5.92 Å². The molecule has 1 aliphatic carbocycles. The van der Waals surface area contributed by atoms with Crippen molar-refractivity contribution in [2.75, 3.05) is 11.9 Å². The van der Waals surface area contributed by atoms with Crippen LogP contribution in [0.2, 0.25) is 5.15 Å². The van der Waals surface area contributed by atoms with Crippen molar-refractivity contribution in [3.05, 3.63) is 17.0 Å². The van der Waals surface area contributed by atoms with Crippen molar-refractivity contribution in [1.29, 1.82) is 0 Å². The Morgan fingerprint density at radius 2 is 2.29 bits per heavy atom. The van der Waals surface area contributed by atoms with Crippen LogP contribution in [0.1, 0.15) is 32.0 Å². The fraction of sp³-hybridized carbons (Fsp3) is 0.667. The van der Waals surface area contributed by atoms with Crippen LogP contribution in [0.15, 0.2) is 6.07 Å². The van der Waals surface area contributed by atoms with Gasteiger partial charge in [0, 0.05) is 19.0 Å². The van der Waals surface area contributed by atoms with Crippen LogP contribution in [0.4, 0.5) is 5.82 Å². The van der Waals surface area contributed by atoms with Gasteiger partial charge in [0.1, 0.15) is 16.8 Å². The monoisotopic (exact) mass is 255 g/mol. The summed E-state index contributed by atoms with van der Waals surface area (Å²) in [5.74, 6) is 1.92. The number of aromatic nitrogens is 2. The van der Waals surface area contributed by atoms with Crippen molar-refractivity contribution in [3.63, 3.8) is 0 Å². The molecule has 0 bridgehead atoms. The van der Waals surface area contributed by atoms with E-state index in [4.69, 9.17) is 11.6 Å². The summed E-state index contributed by atoms with van der Waals surface area (Å²) in [5.41, 5.74) is 0. The van der Waals surface area contributed by atoms with E-state index in [1.165, 1.54) is 0 Å². The number of anilines is 1. The maximum absolute atomic E-state index is 9.75. The molecule has 1 atom stereocenters. The molecule has 1 unspecified atom stereocenters. The van der Waals surface area contributed by atoms with Gasteiger partial charge in [-0.25, -0.2) is 9.97 Å². The molecule has 4 nitrogen and oxygen atoms in total. The van der Waals surface area contributed by atoms with Crippen LogP contribution >= 0.6 is 11.6 Å². The molecule has 1 aliphatic rings. The van der Waals surface area contributed by atoms with Crippen LogP contribution in [-0.2, 0) is 6.42 Å². The van der Waals surface area contributed by atoms with Gasteiger partial charge < -0.3 is 10.4 Å². The zero-order valence-corrected chi connectivity index (χ0v) is 10.7. The number of aliphatic hydroxyl groups is 1. The normalized spacial score (nSPS) is 16.9. The Morgan fingerprint density at radius 1 is 1.53 bits per heavy atom. The molecule has 0 aliphatic heterocycles. The highest BCUT2D eigenvalue weighted by Crippen LogP contribution is 2.32. The average Bonchev–Trinajstić information content (AvgIpc) is 3.09. The third-order valence-electron chi connectivity index (χ3n) is 2.87. The summed E-state index contributed by atoms with van der Waals surface area (Å²) in [6.07, 6.45) is 3.80. The van der Waals surface area contributed by atoms with E-state index in [0.29, 0.717) is 23.4 Å². The predicted octanol–water partition coefficient (Wildman–Crippen LogP) is 2.27. The summed E-state index contributed by atoms with van der Waals surface area (Å²) in [6.45, 7) is 2.61. The summed E-state index contributed by atoms with van der Waals surface area (Å²) >= 11 is 5.92. The van der Waals surface area contributed by atoms with E-state index < -0.39 is 0 Å². The van der Waals surface area contributed by atoms with Gasteiger partial charge in [-0.05, 0) is 25.2 Å². The molecule has 1 fully saturated rings. The zero-order valence-electron chi connectivity index (χ0n) is 9.99. The van der Waals surface area contributed by atoms with Crippen LogP contribution < -0.4 is 5.32 Å². The second-order valence-electron chi connectivity index (χ2n) is 4.53. The first-order valence-electron chi connectivity index (χ1n) is 6.14. The van der Waals surface area contributed by atoms with E-state index in [1.54, 1.807) is 6.07 Å². The van der Waals surface area contributed by atoms with E-state index in [0.717, 1.165) is 31.5 Å². The lowest BCUT2D eigenvalue weighted by Gasteiger charge is -2.11. The Labute approximate surface area is 106 Å². The van der Waals surface area contributed by atoms with Gasteiger partial charge in [-0.3, -0.25) is 0 Å². The number of rotatable bonds is 6. The van der Waals surface area contributed by atoms with Gasteiger partial charge >= 0.3 is 0 Å². The molecular weight excluding hydrogens is 238 g/mol. The number of aliphatic hydroxyl groups excluding tert-OH is 1. The third-order valence-corrected chi connectivity index (χ3v) is 3.07. The largest absolute Gasteiger partial charge is 0.391 e. The summed E-state index contributed by atoms with van der Waals surface area (Å²) in [4.78, 5) is 8.51. The van der Waals surface area contributed by atoms with Crippen LogP contribution in [0.25, 0.3) is 0 Å². The quantitative estimate of drug-likeness (QED) is 0.766. The minimum absolute atomic E-state index is 0.279. The van der Waals surface area contributed by atoms with Gasteiger partial charge in [-0.15, -0.1) is 0 Å². The maximum atomic E-state index is 9.75. The van der Waals surface area contributed by atoms with E-state index in [9.17, 15) is 5.11 Å². The minimum atomic E-state index is -0.279. The lowest BCUT2D eigenvalue weighted by Crippen LogP contribution is -2.22. The highest BCUT2D eigenvalue weighted by atomic mass is 35.5. The Balaban J connectivity index is 1.94. The molecule has 2 N–H and O–H groups in total. The van der Waals surface area contributed by atoms with Crippen molar-refractivity contribution in [2.45, 2.75) is 38.7 Å². The highest BCUT2D eigenvalue weighted by Gasteiger charge is 2.29. The maximum Gasteiger partial charge on any atom is 0.134 e. The first-order valence-corrected chi connectivity index (χ1v) is 6.52. The predicted molar refractivity (Wildman–Crippen MR) is 68.3 cm³/mol. The summed E-state index contributed by atoms with van der Waals surface area (Å²) in [7, 11) is 0. The second-order valence-corrected chi connectivity index (χ2v) is 4.92. The van der Waals surface area contributed by atoms with Crippen LogP contribution in [0, 0.1) is 5.92 Å². The zero-order chi connectivity index (χ0) is 12.3. The minimum Gasteiger partial charge on any atom is -0.391 e. The van der Waals surface area contributed by atoms with Crippen molar-refractivity contribution >= 4 is 17.4 Å². The van der Waals surface area contributed by atoms with Crippen molar-refractivity contribution < 1.29 is 5.11 Å². The van der Waals surface area contributed by atoms with Crippen molar-refractivity contribution in [3.8, 4) is 0 Å². The molecule has 0 spiro atoms. The summed E-state index contributed by atoms with van der Waals surface area (Å²) in [5, 5.41) is 13.3. The van der Waals surface area contributed by atoms with Gasteiger partial charge in [0.05, 0.1) is 6.10 Å². The van der Waals surface area contributed by atoms with E-state index in [1.807, 2.05) is 0 Å². The van der Waals surface area contributed by atoms with Crippen molar-refractivity contribution in [1.82, 2.24) is 9.97 Å². The number of hydrogen-bond donors (Lipinski definition) is 2. The fourth-order valence-corrected chi connectivity index (χ4v) is 1.95. The topological polar surface area (TPSA) is 58.0 Å². The van der Waals surface area contributed by atoms with Gasteiger partial charge in [-0.2, -0.15) is 0 Å². The molecule has 1 aromatic heterocycles. The number of hydrogen-bond acceptors (Lipinski definition) is 4. The Hall–Kier alpha value is -0.870. The third kappa shape index (κ3) is 3.82. The van der Waals surface area contributed by atoms with Gasteiger partial charge in [-0.1, -0.05) is 18.5 Å². The van der Waals surface area contributed by atoms with Gasteiger partial charge in [0.2, 0.25) is 0 Å². The molecule has 5 heteroatoms. The standard InChI is InChI=1S/C12H18ClN3O/c1-2-3-11-15-10(13)6-12(16-11)14-7-9(17)8-4-5-8/h6,8-9,17H,2-5,7H2,1H3,(H,14,15,16). The highest BCUT2D eigenvalue weighted by molar-refractivity contribution is 6.29. The molecule has 0 radical (unpaired) electrons. The number of aryl methyl sites for hydroxylation is 1. The Kier molecular flexibility index (Phi) is 4.18. The summed E-state index contributed by atoms with van der Waals surface area (Å²) < 4.78 is 0. The molecule has 17 heavy (non-hydrogen) atoms. The van der Waals surface area contributed by atoms with Gasteiger partial charge in [0.25, 0.3) is 0 Å². The fourth-order valence-electron chi connectivity index (χ4n) is 1.75. The Bertz CT molecular complexity index is 382. The van der Waals surface area contributed by atoms with Crippen LogP contribution in [0.5, 0.6) is 0 Å². The molecule has 94 valence electrons. The van der Waals surface area contributed by atoms with E-state index in [-0.39, 0.29) is 6.10 Å². The second kappa shape index (κ2) is 5.65. The van der Waals surface area contributed by atoms with E-state index in [2.05, 4.69) is 22.2 Å². The SMILES string of the molecule is CCCc1nc(Cl)cc(NCC(O)C2CC2)n1. The molecule has 1 aromatic rings. The molecule has 1 heterocycles. The first-order chi connectivity index (χ1) is 8.19. The first kappa shape index (κ1) is 12.6. The van der Waals surface area contributed by atoms with E-state index >= 15 is 0 Å². The molecule has 1 saturated carbocycles. The van der Waals surface area contributed by atoms with Gasteiger partial charge in [0.15, 0.2) is 0 Å². The number of nitrogens with zero attached hydrogens (tertiary/aromatic N) is 2. The Morgan fingerprint density at radius 3 is 2.94 bits per heavy atom. The number of nitrogens with one attached hydrogen (secondary N) is 1. The summed E-state index contributed by atoms with van der Waals surface area (Å²) in [6, 6.07) is 1.69. The molecule has 2 rings (SSSR count). The average molecular weight is 256 g/mol. The molecule has 0 aromatic carbocycles. The van der Waals surface area contributed by atoms with Crippen LogP contribution in [-0.4, -0.2) is 27.7 Å². The van der Waals surface area contributed by atoms with Crippen LogP contribution in [0.3, 0.4) is 0 Å². The lowest BCUT2D eigenvalue weighted by atomic mass is 10.2. The lowest BCUT2D eigenvalue weighted by molar-refractivity contribution is 0.164. The molecule has 0 amide bonds. The molecular formula is C12H18ClN3O.